The van der Waals surface area contributed by atoms with Gasteiger partial charge in [-0.15, -0.1) is 0 Å². The van der Waals surface area contributed by atoms with Crippen LogP contribution in [0.3, 0.4) is 0 Å². The van der Waals surface area contributed by atoms with Crippen LogP contribution in [0.2, 0.25) is 0 Å². The van der Waals surface area contributed by atoms with Crippen molar-refractivity contribution in [2.45, 2.75) is 96.4 Å². The van der Waals surface area contributed by atoms with E-state index in [0.717, 1.165) is 38.0 Å². The Morgan fingerprint density at radius 2 is 1.62 bits per heavy atom. The minimum atomic E-state index is -0.900. The van der Waals surface area contributed by atoms with E-state index in [2.05, 4.69) is 13.8 Å². The number of hydrogen-bond donors (Lipinski definition) is 3. The van der Waals surface area contributed by atoms with Crippen LogP contribution < -0.4 is 0 Å². The van der Waals surface area contributed by atoms with Crippen LogP contribution >= 0.6 is 0 Å². The van der Waals surface area contributed by atoms with Gasteiger partial charge in [-0.1, -0.05) is 13.8 Å². The monoisotopic (exact) mass is 336 g/mol. The fraction of sp³-hybridized carbons (Fsp3) is 1.00. The highest BCUT2D eigenvalue weighted by atomic mass is 16.3. The SMILES string of the molecule is CC(O)[C@@]1(O)CC[C@H]2[C@@H]3CC[C@H]4C[C@@H](O)CC[C@]4(C)[C@H]3CC[C@@]21C. The van der Waals surface area contributed by atoms with Crippen molar-refractivity contribution in [3.63, 3.8) is 0 Å². The van der Waals surface area contributed by atoms with E-state index >= 15 is 0 Å². The van der Waals surface area contributed by atoms with Gasteiger partial charge in [0.15, 0.2) is 0 Å². The number of aliphatic hydroxyl groups is 3. The zero-order chi connectivity index (χ0) is 17.3. The maximum Gasteiger partial charge on any atom is 0.0958 e. The topological polar surface area (TPSA) is 60.7 Å². The molecule has 3 N–H and O–H groups in total. The third kappa shape index (κ3) is 2.07. The van der Waals surface area contributed by atoms with Crippen LogP contribution in [0.15, 0.2) is 0 Å². The largest absolute Gasteiger partial charge is 0.393 e. The second-order valence-electron chi connectivity index (χ2n) is 10.2. The Morgan fingerprint density at radius 1 is 0.917 bits per heavy atom. The van der Waals surface area contributed by atoms with E-state index in [1.165, 1.54) is 25.7 Å². The Labute approximate surface area is 146 Å². The summed E-state index contributed by atoms with van der Waals surface area (Å²) in [6, 6.07) is 0. The third-order valence-electron chi connectivity index (χ3n) is 9.54. The highest BCUT2D eigenvalue weighted by Crippen LogP contribution is 2.68. The molecule has 0 amide bonds. The molecule has 138 valence electrons. The lowest BCUT2D eigenvalue weighted by Gasteiger charge is -2.61. The van der Waals surface area contributed by atoms with E-state index < -0.39 is 11.7 Å². The van der Waals surface area contributed by atoms with E-state index in [1.54, 1.807) is 6.92 Å². The zero-order valence-corrected chi connectivity index (χ0v) is 15.7. The molecule has 3 heteroatoms. The van der Waals surface area contributed by atoms with Crippen molar-refractivity contribution in [1.29, 1.82) is 0 Å². The predicted octanol–water partition coefficient (Wildman–Crippen LogP) is 3.50. The molecule has 4 aliphatic carbocycles. The van der Waals surface area contributed by atoms with Crippen LogP contribution in [-0.4, -0.2) is 33.1 Å². The molecule has 1 unspecified atom stereocenters. The van der Waals surface area contributed by atoms with Crippen molar-refractivity contribution in [2.24, 2.45) is 34.5 Å². The molecule has 4 aliphatic rings. The Morgan fingerprint density at radius 3 is 2.33 bits per heavy atom. The quantitative estimate of drug-likeness (QED) is 0.687. The van der Waals surface area contributed by atoms with Crippen LogP contribution in [0.1, 0.15) is 78.6 Å². The summed E-state index contributed by atoms with van der Waals surface area (Å²) >= 11 is 0. The number of fused-ring (bicyclic) bond motifs is 5. The summed E-state index contributed by atoms with van der Waals surface area (Å²) < 4.78 is 0. The molecule has 9 atom stereocenters. The molecule has 0 spiro atoms. The minimum Gasteiger partial charge on any atom is -0.393 e. The third-order valence-corrected chi connectivity index (χ3v) is 9.54. The van der Waals surface area contributed by atoms with Gasteiger partial charge in [-0.2, -0.15) is 0 Å². The molecule has 4 saturated carbocycles. The number of hydrogen-bond acceptors (Lipinski definition) is 3. The molecule has 0 heterocycles. The molecule has 0 aliphatic heterocycles. The minimum absolute atomic E-state index is 0.0831. The van der Waals surface area contributed by atoms with E-state index in [-0.39, 0.29) is 11.5 Å². The molecular weight excluding hydrogens is 300 g/mol. The van der Waals surface area contributed by atoms with E-state index in [0.29, 0.717) is 23.2 Å². The van der Waals surface area contributed by atoms with Crippen LogP contribution in [0.25, 0.3) is 0 Å². The number of aliphatic hydroxyl groups excluding tert-OH is 2. The summed E-state index contributed by atoms with van der Waals surface area (Å²) in [6.07, 6.45) is 8.99. The summed E-state index contributed by atoms with van der Waals surface area (Å²) in [5.74, 6) is 2.69. The first-order valence-corrected chi connectivity index (χ1v) is 10.3. The van der Waals surface area contributed by atoms with Gasteiger partial charge in [0.1, 0.15) is 0 Å². The van der Waals surface area contributed by atoms with Gasteiger partial charge in [0.05, 0.1) is 17.8 Å². The van der Waals surface area contributed by atoms with Gasteiger partial charge in [-0.25, -0.2) is 0 Å². The first kappa shape index (κ1) is 17.3. The highest BCUT2D eigenvalue weighted by molar-refractivity contribution is 5.15. The van der Waals surface area contributed by atoms with Gasteiger partial charge in [0.2, 0.25) is 0 Å². The second-order valence-corrected chi connectivity index (χ2v) is 10.2. The van der Waals surface area contributed by atoms with E-state index in [9.17, 15) is 15.3 Å². The lowest BCUT2D eigenvalue weighted by molar-refractivity contribution is -0.186. The Balaban J connectivity index is 1.63. The van der Waals surface area contributed by atoms with Crippen LogP contribution in [0.4, 0.5) is 0 Å². The second kappa shape index (κ2) is 5.44. The maximum atomic E-state index is 11.3. The van der Waals surface area contributed by atoms with E-state index in [1.807, 2.05) is 0 Å². The van der Waals surface area contributed by atoms with Gasteiger partial charge in [-0.05, 0) is 93.8 Å². The molecule has 0 aromatic heterocycles. The van der Waals surface area contributed by atoms with Gasteiger partial charge in [-0.3, -0.25) is 0 Å². The molecule has 3 nitrogen and oxygen atoms in total. The van der Waals surface area contributed by atoms with E-state index in [4.69, 9.17) is 0 Å². The summed E-state index contributed by atoms with van der Waals surface area (Å²) in [6.45, 7) is 6.53. The van der Waals surface area contributed by atoms with Crippen molar-refractivity contribution in [3.05, 3.63) is 0 Å². The Kier molecular flexibility index (Phi) is 3.92. The highest BCUT2D eigenvalue weighted by Gasteiger charge is 2.65. The molecule has 0 saturated heterocycles. The van der Waals surface area contributed by atoms with Crippen molar-refractivity contribution < 1.29 is 15.3 Å². The fourth-order valence-corrected chi connectivity index (χ4v) is 7.97. The van der Waals surface area contributed by atoms with Crippen molar-refractivity contribution in [1.82, 2.24) is 0 Å². The van der Waals surface area contributed by atoms with Crippen molar-refractivity contribution >= 4 is 0 Å². The molecule has 24 heavy (non-hydrogen) atoms. The lowest BCUT2D eigenvalue weighted by Crippen LogP contribution is -2.59. The molecular formula is C21H36O3. The Hall–Kier alpha value is -0.120. The standard InChI is InChI=1S/C21H36O3/c1-13(22)21(24)11-8-18-16-5-4-14-12-15(23)6-9-19(14,2)17(16)7-10-20(18,21)3/h13-18,22-24H,4-12H2,1-3H3/t13?,14-,15-,16+,17-,18-,19-,20-,21-/m0/s1. The maximum absolute atomic E-state index is 11.3. The molecule has 0 aromatic rings. The van der Waals surface area contributed by atoms with Crippen LogP contribution in [0, 0.1) is 34.5 Å². The zero-order valence-electron chi connectivity index (χ0n) is 15.7. The first-order valence-electron chi connectivity index (χ1n) is 10.3. The van der Waals surface area contributed by atoms with Gasteiger partial charge >= 0.3 is 0 Å². The average Bonchev–Trinajstić information content (AvgIpc) is 2.81. The lowest BCUT2D eigenvalue weighted by atomic mass is 9.44. The smallest absolute Gasteiger partial charge is 0.0958 e. The number of rotatable bonds is 1. The fourth-order valence-electron chi connectivity index (χ4n) is 7.97. The van der Waals surface area contributed by atoms with Gasteiger partial charge in [0, 0.05) is 5.41 Å². The molecule has 0 bridgehead atoms. The predicted molar refractivity (Wildman–Crippen MR) is 94.4 cm³/mol. The Bertz CT molecular complexity index is 505. The van der Waals surface area contributed by atoms with Crippen molar-refractivity contribution in [2.75, 3.05) is 0 Å². The first-order chi connectivity index (χ1) is 11.2. The average molecular weight is 337 g/mol. The van der Waals surface area contributed by atoms with Crippen molar-refractivity contribution in [3.8, 4) is 0 Å². The van der Waals surface area contributed by atoms with Crippen LogP contribution in [0.5, 0.6) is 0 Å². The normalized spacial score (nSPS) is 58.5. The molecule has 0 aromatic carbocycles. The molecule has 4 rings (SSSR count). The summed E-state index contributed by atoms with van der Waals surface area (Å²) in [5.41, 5.74) is -0.641. The van der Waals surface area contributed by atoms with Gasteiger partial charge in [0.25, 0.3) is 0 Å². The van der Waals surface area contributed by atoms with Crippen LogP contribution in [-0.2, 0) is 0 Å². The molecule has 4 fully saturated rings. The summed E-state index contributed by atoms with van der Waals surface area (Å²) in [5, 5.41) is 31.7. The van der Waals surface area contributed by atoms with Gasteiger partial charge < -0.3 is 15.3 Å². The summed E-state index contributed by atoms with van der Waals surface area (Å²) in [4.78, 5) is 0. The molecule has 0 radical (unpaired) electrons. The summed E-state index contributed by atoms with van der Waals surface area (Å²) in [7, 11) is 0.